The molecule has 0 aliphatic heterocycles. The number of hydrogen-bond donors (Lipinski definition) is 1. The van der Waals surface area contributed by atoms with Gasteiger partial charge in [0.15, 0.2) is 5.13 Å². The molecule has 1 atom stereocenters. The molecule has 0 spiro atoms. The van der Waals surface area contributed by atoms with Crippen molar-refractivity contribution in [2.45, 2.75) is 26.2 Å². The molecular formula is C14H16N2OS. The van der Waals surface area contributed by atoms with Gasteiger partial charge in [-0.05, 0) is 18.9 Å². The number of anilines is 1. The summed E-state index contributed by atoms with van der Waals surface area (Å²) in [7, 11) is 0. The Labute approximate surface area is 111 Å². The highest BCUT2D eigenvalue weighted by molar-refractivity contribution is 7.15. The van der Waals surface area contributed by atoms with Gasteiger partial charge < -0.3 is 5.32 Å². The minimum Gasteiger partial charge on any atom is -0.301 e. The van der Waals surface area contributed by atoms with Crippen LogP contribution in [0.25, 0.3) is 0 Å². The Morgan fingerprint density at radius 3 is 2.67 bits per heavy atom. The lowest BCUT2D eigenvalue weighted by Crippen LogP contribution is -2.20. The predicted octanol–water partition coefficient (Wildman–Crippen LogP) is 3.58. The zero-order chi connectivity index (χ0) is 13.0. The first-order valence-corrected chi connectivity index (χ1v) is 6.80. The van der Waals surface area contributed by atoms with Crippen LogP contribution in [0.4, 0.5) is 5.13 Å². The maximum absolute atomic E-state index is 12.2. The number of nitrogens with one attached hydrogen (secondary N) is 1. The van der Waals surface area contributed by atoms with E-state index in [0.29, 0.717) is 5.13 Å². The molecule has 2 aromatic rings. The second kappa shape index (κ2) is 5.78. The molecule has 4 heteroatoms. The van der Waals surface area contributed by atoms with Crippen LogP contribution in [0.1, 0.15) is 29.7 Å². The van der Waals surface area contributed by atoms with Gasteiger partial charge in [-0.2, -0.15) is 0 Å². The van der Waals surface area contributed by atoms with Crippen molar-refractivity contribution in [1.29, 1.82) is 0 Å². The van der Waals surface area contributed by atoms with Gasteiger partial charge in [0.25, 0.3) is 0 Å². The summed E-state index contributed by atoms with van der Waals surface area (Å²) in [6.45, 7) is 3.99. The molecule has 0 aliphatic rings. The molecule has 0 saturated carbocycles. The average Bonchev–Trinajstić information content (AvgIpc) is 2.77. The molecule has 18 heavy (non-hydrogen) atoms. The third-order valence-corrected chi connectivity index (χ3v) is 3.61. The molecule has 0 bridgehead atoms. The van der Waals surface area contributed by atoms with Crippen LogP contribution in [-0.4, -0.2) is 10.9 Å². The summed E-state index contributed by atoms with van der Waals surface area (Å²) in [4.78, 5) is 17.5. The fourth-order valence-corrected chi connectivity index (χ4v) is 2.53. The van der Waals surface area contributed by atoms with Gasteiger partial charge in [0.2, 0.25) is 5.91 Å². The van der Waals surface area contributed by atoms with Gasteiger partial charge in [-0.25, -0.2) is 4.98 Å². The Kier molecular flexibility index (Phi) is 4.10. The SMILES string of the molecule is CC[C@@H](C(=O)Nc1ncc(C)s1)c1ccccc1. The monoisotopic (exact) mass is 260 g/mol. The molecule has 1 aromatic carbocycles. The number of rotatable bonds is 4. The van der Waals surface area contributed by atoms with Crippen molar-refractivity contribution in [3.8, 4) is 0 Å². The van der Waals surface area contributed by atoms with Gasteiger partial charge in [0.05, 0.1) is 5.92 Å². The average molecular weight is 260 g/mol. The summed E-state index contributed by atoms with van der Waals surface area (Å²) < 4.78 is 0. The maximum atomic E-state index is 12.2. The first-order valence-electron chi connectivity index (χ1n) is 5.99. The quantitative estimate of drug-likeness (QED) is 0.913. The molecule has 1 N–H and O–H groups in total. The largest absolute Gasteiger partial charge is 0.301 e. The molecule has 1 aromatic heterocycles. The van der Waals surface area contributed by atoms with Crippen molar-refractivity contribution in [2.75, 3.05) is 5.32 Å². The minimum absolute atomic E-state index is 0.0121. The van der Waals surface area contributed by atoms with Crippen LogP contribution >= 0.6 is 11.3 Å². The highest BCUT2D eigenvalue weighted by Gasteiger charge is 2.19. The van der Waals surface area contributed by atoms with Gasteiger partial charge in [0, 0.05) is 11.1 Å². The number of hydrogen-bond acceptors (Lipinski definition) is 3. The number of aryl methyl sites for hydroxylation is 1. The molecule has 0 aliphatic carbocycles. The molecule has 1 heterocycles. The van der Waals surface area contributed by atoms with E-state index in [-0.39, 0.29) is 11.8 Å². The van der Waals surface area contributed by atoms with Gasteiger partial charge in [-0.15, -0.1) is 11.3 Å². The Balaban J connectivity index is 2.11. The summed E-state index contributed by atoms with van der Waals surface area (Å²) in [5.74, 6) is -0.103. The highest BCUT2D eigenvalue weighted by Crippen LogP contribution is 2.23. The Morgan fingerprint density at radius 1 is 1.39 bits per heavy atom. The van der Waals surface area contributed by atoms with Crippen molar-refractivity contribution < 1.29 is 4.79 Å². The molecule has 0 saturated heterocycles. The molecule has 0 unspecified atom stereocenters. The maximum Gasteiger partial charge on any atom is 0.233 e. The highest BCUT2D eigenvalue weighted by atomic mass is 32.1. The number of benzene rings is 1. The van der Waals surface area contributed by atoms with E-state index in [1.165, 1.54) is 11.3 Å². The van der Waals surface area contributed by atoms with Crippen LogP contribution in [0.5, 0.6) is 0 Å². The van der Waals surface area contributed by atoms with Crippen molar-refractivity contribution >= 4 is 22.4 Å². The Hall–Kier alpha value is -1.68. The molecular weight excluding hydrogens is 244 g/mol. The number of aromatic nitrogens is 1. The zero-order valence-corrected chi connectivity index (χ0v) is 11.3. The fraction of sp³-hybridized carbons (Fsp3) is 0.286. The molecule has 1 amide bonds. The summed E-state index contributed by atoms with van der Waals surface area (Å²) in [6, 6.07) is 9.84. The Morgan fingerprint density at radius 2 is 2.11 bits per heavy atom. The van der Waals surface area contributed by atoms with E-state index in [0.717, 1.165) is 16.9 Å². The van der Waals surface area contributed by atoms with Gasteiger partial charge in [-0.3, -0.25) is 4.79 Å². The number of nitrogens with zero attached hydrogens (tertiary/aromatic N) is 1. The summed E-state index contributed by atoms with van der Waals surface area (Å²) in [5.41, 5.74) is 1.05. The first-order chi connectivity index (χ1) is 8.70. The molecule has 0 fully saturated rings. The van der Waals surface area contributed by atoms with E-state index < -0.39 is 0 Å². The van der Waals surface area contributed by atoms with Crippen LogP contribution in [0.2, 0.25) is 0 Å². The predicted molar refractivity (Wildman–Crippen MR) is 75.0 cm³/mol. The third-order valence-electron chi connectivity index (χ3n) is 2.78. The fourth-order valence-electron chi connectivity index (χ4n) is 1.86. The van der Waals surface area contributed by atoms with Crippen LogP contribution < -0.4 is 5.32 Å². The number of thiazole rings is 1. The van der Waals surface area contributed by atoms with Crippen molar-refractivity contribution in [1.82, 2.24) is 4.98 Å². The van der Waals surface area contributed by atoms with Crippen molar-refractivity contribution in [2.24, 2.45) is 0 Å². The molecule has 94 valence electrons. The van der Waals surface area contributed by atoms with E-state index in [4.69, 9.17) is 0 Å². The van der Waals surface area contributed by atoms with Gasteiger partial charge in [-0.1, -0.05) is 37.3 Å². The smallest absolute Gasteiger partial charge is 0.233 e. The van der Waals surface area contributed by atoms with Crippen LogP contribution in [0.3, 0.4) is 0 Å². The van der Waals surface area contributed by atoms with Crippen LogP contribution in [0.15, 0.2) is 36.5 Å². The Bertz CT molecular complexity index is 522. The van der Waals surface area contributed by atoms with Crippen molar-refractivity contribution in [3.63, 3.8) is 0 Å². The second-order valence-corrected chi connectivity index (χ2v) is 5.37. The normalized spacial score (nSPS) is 12.1. The molecule has 3 nitrogen and oxygen atoms in total. The van der Waals surface area contributed by atoms with Gasteiger partial charge in [0.1, 0.15) is 0 Å². The standard InChI is InChI=1S/C14H16N2OS/c1-3-12(11-7-5-4-6-8-11)13(17)16-14-15-9-10(2)18-14/h4-9,12H,3H2,1-2H3,(H,15,16,17)/t12-/m1/s1. The van der Waals surface area contributed by atoms with Crippen LogP contribution in [-0.2, 0) is 4.79 Å². The van der Waals surface area contributed by atoms with Crippen molar-refractivity contribution in [3.05, 3.63) is 47.0 Å². The summed E-state index contributed by atoms with van der Waals surface area (Å²) in [6.07, 6.45) is 2.55. The van der Waals surface area contributed by atoms with E-state index in [2.05, 4.69) is 10.3 Å². The number of carbonyl (C=O) groups is 1. The number of carbonyl (C=O) groups excluding carboxylic acids is 1. The lowest BCUT2D eigenvalue weighted by molar-refractivity contribution is -0.117. The van der Waals surface area contributed by atoms with Gasteiger partial charge >= 0.3 is 0 Å². The topological polar surface area (TPSA) is 42.0 Å². The first kappa shape index (κ1) is 12.8. The lowest BCUT2D eigenvalue weighted by Gasteiger charge is -2.13. The second-order valence-electron chi connectivity index (χ2n) is 4.14. The van der Waals surface area contributed by atoms with Crippen LogP contribution in [0, 0.1) is 6.92 Å². The third kappa shape index (κ3) is 2.96. The minimum atomic E-state index is -0.115. The summed E-state index contributed by atoms with van der Waals surface area (Å²) >= 11 is 1.50. The van der Waals surface area contributed by atoms with E-state index in [1.807, 2.05) is 44.2 Å². The zero-order valence-electron chi connectivity index (χ0n) is 10.5. The van der Waals surface area contributed by atoms with E-state index >= 15 is 0 Å². The lowest BCUT2D eigenvalue weighted by atomic mass is 9.96. The number of amides is 1. The van der Waals surface area contributed by atoms with E-state index in [1.54, 1.807) is 6.20 Å². The van der Waals surface area contributed by atoms with E-state index in [9.17, 15) is 4.79 Å². The molecule has 0 radical (unpaired) electrons. The molecule has 2 rings (SSSR count). The summed E-state index contributed by atoms with van der Waals surface area (Å²) in [5, 5.41) is 3.55.